The average molecular weight is 446 g/mol. The van der Waals surface area contributed by atoms with Crippen molar-refractivity contribution in [3.8, 4) is 16.3 Å². The van der Waals surface area contributed by atoms with Crippen LogP contribution in [-0.2, 0) is 23.8 Å². The predicted octanol–water partition coefficient (Wildman–Crippen LogP) is 6.38. The van der Waals surface area contributed by atoms with Crippen LogP contribution in [0.15, 0.2) is 42.5 Å². The smallest absolute Gasteiger partial charge is 0.416 e. The summed E-state index contributed by atoms with van der Waals surface area (Å²) in [5.41, 5.74) is 3.11. The maximum atomic E-state index is 13.0. The molecule has 31 heavy (non-hydrogen) atoms. The number of ether oxygens (including phenoxy) is 1. The molecular weight excluding hydrogens is 423 g/mol. The molecule has 0 spiro atoms. The summed E-state index contributed by atoms with van der Waals surface area (Å²) in [6.45, 7) is 2.36. The van der Waals surface area contributed by atoms with Gasteiger partial charge >= 0.3 is 6.18 Å². The summed E-state index contributed by atoms with van der Waals surface area (Å²) in [6, 6.07) is 11.3. The molecule has 1 heterocycles. The van der Waals surface area contributed by atoms with E-state index >= 15 is 0 Å². The van der Waals surface area contributed by atoms with Crippen LogP contribution in [0.1, 0.15) is 46.0 Å². The van der Waals surface area contributed by atoms with Gasteiger partial charge in [0, 0.05) is 23.3 Å². The van der Waals surface area contributed by atoms with Gasteiger partial charge in [0.15, 0.2) is 0 Å². The summed E-state index contributed by atoms with van der Waals surface area (Å²) in [5, 5.41) is 0.581. The first-order valence-electron chi connectivity index (χ1n) is 10.2. The van der Waals surface area contributed by atoms with E-state index in [0.717, 1.165) is 47.6 Å². The van der Waals surface area contributed by atoms with Crippen molar-refractivity contribution in [1.29, 1.82) is 0 Å². The molecule has 7 heteroatoms. The highest BCUT2D eigenvalue weighted by Gasteiger charge is 2.30. The molecule has 2 aromatic carbocycles. The molecule has 1 atom stereocenters. The third kappa shape index (κ3) is 4.82. The van der Waals surface area contributed by atoms with E-state index in [2.05, 4.69) is 4.98 Å². The average Bonchev–Trinajstić information content (AvgIpc) is 3.31. The Bertz CT molecular complexity index is 1090. The van der Waals surface area contributed by atoms with Gasteiger partial charge in [-0.15, -0.1) is 11.3 Å². The van der Waals surface area contributed by atoms with Crippen LogP contribution in [0.2, 0.25) is 0 Å². The zero-order chi connectivity index (χ0) is 22.0. The second-order valence-electron chi connectivity index (χ2n) is 7.70. The summed E-state index contributed by atoms with van der Waals surface area (Å²) < 4.78 is 44.9. The fourth-order valence-electron chi connectivity index (χ4n) is 4.01. The van der Waals surface area contributed by atoms with Crippen molar-refractivity contribution < 1.29 is 22.7 Å². The zero-order valence-electron chi connectivity index (χ0n) is 17.0. The molecule has 4 rings (SSSR count). The second kappa shape index (κ2) is 8.83. The number of thiazole rings is 1. The summed E-state index contributed by atoms with van der Waals surface area (Å²) in [7, 11) is 0. The van der Waals surface area contributed by atoms with Crippen molar-refractivity contribution in [3.63, 3.8) is 0 Å². The number of rotatable bonds is 7. The van der Waals surface area contributed by atoms with E-state index < -0.39 is 11.7 Å². The number of aldehydes is 1. The van der Waals surface area contributed by atoms with Crippen molar-refractivity contribution in [2.45, 2.75) is 44.7 Å². The highest BCUT2D eigenvalue weighted by molar-refractivity contribution is 7.15. The van der Waals surface area contributed by atoms with Gasteiger partial charge in [-0.25, -0.2) is 4.98 Å². The Balaban J connectivity index is 1.41. The van der Waals surface area contributed by atoms with Gasteiger partial charge in [0.1, 0.15) is 17.0 Å². The summed E-state index contributed by atoms with van der Waals surface area (Å²) in [5.74, 6) is 1.10. The van der Waals surface area contributed by atoms with Gasteiger partial charge in [0.2, 0.25) is 0 Å². The minimum absolute atomic E-state index is 0.313. The monoisotopic (exact) mass is 445 g/mol. The number of nitrogens with zero attached hydrogens (tertiary/aromatic N) is 1. The minimum atomic E-state index is -4.37. The quantitative estimate of drug-likeness (QED) is 0.396. The number of aryl methyl sites for hydroxylation is 2. The SMILES string of the molecule is Cc1sc(-c2cccc(C(F)(F)F)c2)nc1CCOc1ccc2c(c1)CC[C@H]2CC=O. The number of benzene rings is 2. The molecule has 0 fully saturated rings. The Morgan fingerprint density at radius 1 is 1.23 bits per heavy atom. The molecule has 0 aliphatic heterocycles. The van der Waals surface area contributed by atoms with Crippen LogP contribution < -0.4 is 4.74 Å². The highest BCUT2D eigenvalue weighted by atomic mass is 32.1. The van der Waals surface area contributed by atoms with Crippen molar-refractivity contribution in [1.82, 2.24) is 4.98 Å². The van der Waals surface area contributed by atoms with E-state index in [1.54, 1.807) is 6.07 Å². The fourth-order valence-corrected chi connectivity index (χ4v) is 4.97. The van der Waals surface area contributed by atoms with Gasteiger partial charge in [0.05, 0.1) is 17.9 Å². The molecule has 1 aliphatic rings. The fraction of sp³-hybridized carbons (Fsp3) is 0.333. The number of fused-ring (bicyclic) bond motifs is 1. The molecule has 162 valence electrons. The predicted molar refractivity (Wildman–Crippen MR) is 115 cm³/mol. The van der Waals surface area contributed by atoms with Gasteiger partial charge in [0.25, 0.3) is 0 Å². The van der Waals surface area contributed by atoms with Crippen LogP contribution in [-0.4, -0.2) is 17.9 Å². The number of hydrogen-bond acceptors (Lipinski definition) is 4. The lowest BCUT2D eigenvalue weighted by Crippen LogP contribution is -2.04. The Morgan fingerprint density at radius 2 is 2.06 bits per heavy atom. The molecule has 0 saturated heterocycles. The Morgan fingerprint density at radius 3 is 2.84 bits per heavy atom. The molecule has 0 unspecified atom stereocenters. The lowest BCUT2D eigenvalue weighted by Gasteiger charge is -2.10. The van der Waals surface area contributed by atoms with Crippen LogP contribution >= 0.6 is 11.3 Å². The lowest BCUT2D eigenvalue weighted by molar-refractivity contribution is -0.137. The first kappa shape index (κ1) is 21.6. The zero-order valence-corrected chi connectivity index (χ0v) is 17.9. The summed E-state index contributed by atoms with van der Waals surface area (Å²) >= 11 is 1.39. The number of carbonyl (C=O) groups excluding carboxylic acids is 1. The van der Waals surface area contributed by atoms with Crippen LogP contribution in [0.5, 0.6) is 5.75 Å². The first-order chi connectivity index (χ1) is 14.8. The standard InChI is InChI=1S/C24H22F3NO2S/c1-15-22(28-23(31-15)18-3-2-4-19(13-18)24(25,26)27)10-12-30-20-7-8-21-16(9-11-29)5-6-17(21)14-20/h2-4,7-8,11,13-14,16H,5-6,9-10,12H2,1H3/t16-/m0/s1. The topological polar surface area (TPSA) is 39.2 Å². The molecule has 0 N–H and O–H groups in total. The van der Waals surface area contributed by atoms with Crippen molar-refractivity contribution in [2.75, 3.05) is 6.61 Å². The summed E-state index contributed by atoms with van der Waals surface area (Å²) in [6.07, 6.45) is -0.308. The van der Waals surface area contributed by atoms with Gasteiger partial charge in [-0.2, -0.15) is 13.2 Å². The Labute approximate surface area is 182 Å². The number of halogens is 3. The van der Waals surface area contributed by atoms with E-state index in [9.17, 15) is 18.0 Å². The van der Waals surface area contributed by atoms with Gasteiger partial charge < -0.3 is 9.53 Å². The molecule has 3 nitrogen and oxygen atoms in total. The highest BCUT2D eigenvalue weighted by Crippen LogP contribution is 2.37. The number of carbonyl (C=O) groups is 1. The largest absolute Gasteiger partial charge is 0.493 e. The van der Waals surface area contributed by atoms with Crippen molar-refractivity contribution >= 4 is 17.6 Å². The molecule has 1 aliphatic carbocycles. The van der Waals surface area contributed by atoms with E-state index in [1.165, 1.54) is 28.5 Å². The maximum absolute atomic E-state index is 13.0. The normalized spacial score (nSPS) is 15.7. The Kier molecular flexibility index (Phi) is 6.14. The van der Waals surface area contributed by atoms with Gasteiger partial charge in [-0.05, 0) is 61.1 Å². The van der Waals surface area contributed by atoms with Gasteiger partial charge in [-0.1, -0.05) is 18.2 Å². The number of alkyl halides is 3. The third-order valence-electron chi connectivity index (χ3n) is 5.63. The molecule has 3 aromatic rings. The minimum Gasteiger partial charge on any atom is -0.493 e. The van der Waals surface area contributed by atoms with Crippen molar-refractivity contribution in [2.24, 2.45) is 0 Å². The maximum Gasteiger partial charge on any atom is 0.416 e. The molecule has 0 radical (unpaired) electrons. The number of hydrogen-bond donors (Lipinski definition) is 0. The van der Waals surface area contributed by atoms with E-state index in [0.29, 0.717) is 35.9 Å². The van der Waals surface area contributed by atoms with Crippen LogP contribution in [0.3, 0.4) is 0 Å². The lowest BCUT2D eigenvalue weighted by atomic mass is 9.99. The van der Waals surface area contributed by atoms with Gasteiger partial charge in [-0.3, -0.25) is 0 Å². The molecule has 0 bridgehead atoms. The molecule has 0 amide bonds. The summed E-state index contributed by atoms with van der Waals surface area (Å²) in [4.78, 5) is 16.3. The molecule has 1 aromatic heterocycles. The molecular formula is C24H22F3NO2S. The van der Waals surface area contributed by atoms with Crippen LogP contribution in [0.25, 0.3) is 10.6 Å². The van der Waals surface area contributed by atoms with Crippen LogP contribution in [0.4, 0.5) is 13.2 Å². The molecule has 0 saturated carbocycles. The Hall–Kier alpha value is -2.67. The third-order valence-corrected chi connectivity index (χ3v) is 6.70. The first-order valence-corrected chi connectivity index (χ1v) is 11.0. The van der Waals surface area contributed by atoms with Crippen molar-refractivity contribution in [3.05, 3.63) is 69.7 Å². The van der Waals surface area contributed by atoms with E-state index in [1.807, 2.05) is 25.1 Å². The second-order valence-corrected chi connectivity index (χ2v) is 8.90. The number of aromatic nitrogens is 1. The van der Waals surface area contributed by atoms with Crippen LogP contribution in [0, 0.1) is 6.92 Å². The van der Waals surface area contributed by atoms with E-state index in [-0.39, 0.29) is 0 Å². The van der Waals surface area contributed by atoms with E-state index in [4.69, 9.17) is 4.74 Å².